The summed E-state index contributed by atoms with van der Waals surface area (Å²) in [6.45, 7) is 1.33. The maximum absolute atomic E-state index is 12.4. The number of para-hydroxylation sites is 2. The van der Waals surface area contributed by atoms with Crippen molar-refractivity contribution in [3.63, 3.8) is 0 Å². The van der Waals surface area contributed by atoms with Gasteiger partial charge < -0.3 is 15.6 Å². The Bertz CT molecular complexity index is 837. The van der Waals surface area contributed by atoms with Gasteiger partial charge in [0.25, 0.3) is 0 Å². The van der Waals surface area contributed by atoms with Gasteiger partial charge in [-0.05, 0) is 29.7 Å². The molecule has 0 saturated heterocycles. The van der Waals surface area contributed by atoms with E-state index in [4.69, 9.17) is 0 Å². The van der Waals surface area contributed by atoms with Crippen molar-refractivity contribution in [1.82, 2.24) is 20.6 Å². The van der Waals surface area contributed by atoms with Gasteiger partial charge >= 0.3 is 0 Å². The van der Waals surface area contributed by atoms with Gasteiger partial charge in [-0.3, -0.25) is 4.79 Å². The topological polar surface area (TPSA) is 69.8 Å². The van der Waals surface area contributed by atoms with Crippen molar-refractivity contribution in [1.29, 1.82) is 0 Å². The van der Waals surface area contributed by atoms with Gasteiger partial charge in [-0.15, -0.1) is 0 Å². The van der Waals surface area contributed by atoms with E-state index in [-0.39, 0.29) is 11.9 Å². The molecule has 1 amide bonds. The SMILES string of the molecule is O=C(NCCc1nc2ccccc2[nH]1)[C@@H]1Cc2ccccc2CN1. The predicted molar refractivity (Wildman–Crippen MR) is 93.6 cm³/mol. The highest BCUT2D eigenvalue weighted by atomic mass is 16.2. The molecule has 1 aliphatic rings. The number of rotatable bonds is 4. The van der Waals surface area contributed by atoms with E-state index >= 15 is 0 Å². The molecule has 1 aliphatic heterocycles. The zero-order valence-electron chi connectivity index (χ0n) is 13.4. The Hall–Kier alpha value is -2.66. The number of imidazole rings is 1. The van der Waals surface area contributed by atoms with Crippen LogP contribution in [0.5, 0.6) is 0 Å². The van der Waals surface area contributed by atoms with Crippen molar-refractivity contribution in [2.45, 2.75) is 25.4 Å². The molecule has 24 heavy (non-hydrogen) atoms. The molecular formula is C19H20N4O. The fourth-order valence-corrected chi connectivity index (χ4v) is 3.19. The Labute approximate surface area is 140 Å². The summed E-state index contributed by atoms with van der Waals surface area (Å²) < 4.78 is 0. The molecule has 0 radical (unpaired) electrons. The van der Waals surface area contributed by atoms with Crippen LogP contribution in [-0.2, 0) is 24.2 Å². The predicted octanol–water partition coefficient (Wildman–Crippen LogP) is 1.94. The normalized spacial score (nSPS) is 16.8. The summed E-state index contributed by atoms with van der Waals surface area (Å²) in [6.07, 6.45) is 1.44. The summed E-state index contributed by atoms with van der Waals surface area (Å²) in [5.41, 5.74) is 4.53. The van der Waals surface area contributed by atoms with Crippen LogP contribution in [0, 0.1) is 0 Å². The smallest absolute Gasteiger partial charge is 0.237 e. The molecule has 3 aromatic rings. The van der Waals surface area contributed by atoms with Crippen LogP contribution in [0.15, 0.2) is 48.5 Å². The first-order chi connectivity index (χ1) is 11.8. The molecular weight excluding hydrogens is 300 g/mol. The van der Waals surface area contributed by atoms with Crippen LogP contribution in [0.1, 0.15) is 17.0 Å². The van der Waals surface area contributed by atoms with Gasteiger partial charge in [-0.1, -0.05) is 36.4 Å². The Morgan fingerprint density at radius 2 is 1.92 bits per heavy atom. The van der Waals surface area contributed by atoms with Crippen LogP contribution in [0.2, 0.25) is 0 Å². The summed E-state index contributed by atoms with van der Waals surface area (Å²) in [6, 6.07) is 16.1. The highest BCUT2D eigenvalue weighted by Crippen LogP contribution is 2.16. The van der Waals surface area contributed by atoms with Crippen LogP contribution in [0.3, 0.4) is 0 Å². The minimum absolute atomic E-state index is 0.0561. The first kappa shape index (κ1) is 14.9. The molecule has 5 nitrogen and oxygen atoms in total. The zero-order valence-corrected chi connectivity index (χ0v) is 13.4. The highest BCUT2D eigenvalue weighted by Gasteiger charge is 2.23. The van der Waals surface area contributed by atoms with E-state index in [1.54, 1.807) is 0 Å². The number of aromatic nitrogens is 2. The third kappa shape index (κ3) is 3.03. The number of hydrogen-bond donors (Lipinski definition) is 3. The Kier molecular flexibility index (Phi) is 4.01. The lowest BCUT2D eigenvalue weighted by atomic mass is 9.95. The van der Waals surface area contributed by atoms with Crippen molar-refractivity contribution in [2.24, 2.45) is 0 Å². The van der Waals surface area contributed by atoms with Gasteiger partial charge in [-0.2, -0.15) is 0 Å². The summed E-state index contributed by atoms with van der Waals surface area (Å²) >= 11 is 0. The first-order valence-corrected chi connectivity index (χ1v) is 8.31. The number of carbonyl (C=O) groups excluding carboxylic acids is 1. The summed E-state index contributed by atoms with van der Waals surface area (Å²) in [4.78, 5) is 20.2. The van der Waals surface area contributed by atoms with E-state index in [1.807, 2.05) is 36.4 Å². The summed E-state index contributed by atoms with van der Waals surface area (Å²) in [7, 11) is 0. The van der Waals surface area contributed by atoms with E-state index in [1.165, 1.54) is 11.1 Å². The minimum atomic E-state index is -0.157. The molecule has 0 bridgehead atoms. The Morgan fingerprint density at radius 1 is 1.12 bits per heavy atom. The average molecular weight is 320 g/mol. The third-order valence-corrected chi connectivity index (χ3v) is 4.50. The van der Waals surface area contributed by atoms with Crippen LogP contribution < -0.4 is 10.6 Å². The lowest BCUT2D eigenvalue weighted by molar-refractivity contribution is -0.123. The molecule has 0 aliphatic carbocycles. The van der Waals surface area contributed by atoms with E-state index < -0.39 is 0 Å². The van der Waals surface area contributed by atoms with Crippen molar-refractivity contribution < 1.29 is 4.79 Å². The number of benzene rings is 2. The van der Waals surface area contributed by atoms with Crippen LogP contribution >= 0.6 is 0 Å². The van der Waals surface area contributed by atoms with E-state index in [9.17, 15) is 4.79 Å². The molecule has 2 heterocycles. The van der Waals surface area contributed by atoms with Crippen LogP contribution in [0.25, 0.3) is 11.0 Å². The number of fused-ring (bicyclic) bond motifs is 2. The van der Waals surface area contributed by atoms with Crippen molar-refractivity contribution in [3.05, 3.63) is 65.5 Å². The maximum atomic E-state index is 12.4. The molecule has 0 unspecified atom stereocenters. The Morgan fingerprint density at radius 3 is 2.79 bits per heavy atom. The lowest BCUT2D eigenvalue weighted by Gasteiger charge is -2.25. The van der Waals surface area contributed by atoms with Gasteiger partial charge in [-0.25, -0.2) is 4.98 Å². The molecule has 0 fully saturated rings. The van der Waals surface area contributed by atoms with Crippen LogP contribution in [-0.4, -0.2) is 28.5 Å². The second-order valence-electron chi connectivity index (χ2n) is 6.15. The van der Waals surface area contributed by atoms with Gasteiger partial charge in [0.2, 0.25) is 5.91 Å². The fraction of sp³-hybridized carbons (Fsp3) is 0.263. The van der Waals surface area contributed by atoms with Crippen molar-refractivity contribution >= 4 is 16.9 Å². The highest BCUT2D eigenvalue weighted by molar-refractivity contribution is 5.82. The molecule has 1 atom stereocenters. The molecule has 2 aromatic carbocycles. The van der Waals surface area contributed by atoms with Gasteiger partial charge in [0.1, 0.15) is 5.82 Å². The second kappa shape index (κ2) is 6.45. The minimum Gasteiger partial charge on any atom is -0.354 e. The number of nitrogens with zero attached hydrogens (tertiary/aromatic N) is 1. The molecule has 4 rings (SSSR count). The van der Waals surface area contributed by atoms with Gasteiger partial charge in [0, 0.05) is 19.5 Å². The molecule has 0 saturated carbocycles. The van der Waals surface area contributed by atoms with E-state index in [0.29, 0.717) is 13.0 Å². The van der Waals surface area contributed by atoms with Crippen molar-refractivity contribution in [3.8, 4) is 0 Å². The van der Waals surface area contributed by atoms with E-state index in [2.05, 4.69) is 32.7 Å². The fourth-order valence-electron chi connectivity index (χ4n) is 3.19. The van der Waals surface area contributed by atoms with E-state index in [0.717, 1.165) is 29.8 Å². The van der Waals surface area contributed by atoms with Gasteiger partial charge in [0.15, 0.2) is 0 Å². The number of nitrogens with one attached hydrogen (secondary N) is 3. The lowest BCUT2D eigenvalue weighted by Crippen LogP contribution is -2.48. The monoisotopic (exact) mass is 320 g/mol. The molecule has 3 N–H and O–H groups in total. The number of hydrogen-bond acceptors (Lipinski definition) is 3. The quantitative estimate of drug-likeness (QED) is 0.688. The molecule has 1 aromatic heterocycles. The number of amides is 1. The number of aromatic amines is 1. The average Bonchev–Trinajstić information content (AvgIpc) is 3.04. The summed E-state index contributed by atoms with van der Waals surface area (Å²) in [5.74, 6) is 0.957. The number of H-pyrrole nitrogens is 1. The summed E-state index contributed by atoms with van der Waals surface area (Å²) in [5, 5.41) is 6.32. The van der Waals surface area contributed by atoms with Crippen LogP contribution in [0.4, 0.5) is 0 Å². The van der Waals surface area contributed by atoms with Crippen molar-refractivity contribution in [2.75, 3.05) is 6.54 Å². The standard InChI is InChI=1S/C19H20N4O/c24-19(17-11-13-5-1-2-6-14(13)12-21-17)20-10-9-18-22-15-7-3-4-8-16(15)23-18/h1-8,17,21H,9-12H2,(H,20,24)(H,22,23)/t17-/m0/s1. The zero-order chi connectivity index (χ0) is 16.4. The molecule has 122 valence electrons. The largest absolute Gasteiger partial charge is 0.354 e. The molecule has 5 heteroatoms. The Balaban J connectivity index is 1.32. The third-order valence-electron chi connectivity index (χ3n) is 4.50. The second-order valence-corrected chi connectivity index (χ2v) is 6.15. The maximum Gasteiger partial charge on any atom is 0.237 e. The molecule has 0 spiro atoms. The first-order valence-electron chi connectivity index (χ1n) is 8.31. The number of carbonyl (C=O) groups is 1. The van der Waals surface area contributed by atoms with Gasteiger partial charge in [0.05, 0.1) is 17.1 Å².